The van der Waals surface area contributed by atoms with Gasteiger partial charge in [-0.2, -0.15) is 0 Å². The first kappa shape index (κ1) is 18.3. The number of rotatable bonds is 6. The lowest BCUT2D eigenvalue weighted by molar-refractivity contribution is 0.0252. The van der Waals surface area contributed by atoms with E-state index in [4.69, 9.17) is 4.74 Å². The quantitative estimate of drug-likeness (QED) is 0.813. The van der Waals surface area contributed by atoms with Crippen LogP contribution in [0.2, 0.25) is 0 Å². The number of carbonyl (C=O) groups is 1. The number of methoxy groups -OCH3 is 1. The van der Waals surface area contributed by atoms with Gasteiger partial charge in [0, 0.05) is 38.2 Å². The largest absolute Gasteiger partial charge is 0.386 e. The van der Waals surface area contributed by atoms with Crippen LogP contribution in [0.15, 0.2) is 42.7 Å². The van der Waals surface area contributed by atoms with Crippen LogP contribution in [0.25, 0.3) is 0 Å². The highest BCUT2D eigenvalue weighted by Gasteiger charge is 2.34. The lowest BCUT2D eigenvalue weighted by Crippen LogP contribution is -2.54. The average Bonchev–Trinajstić information content (AvgIpc) is 2.67. The maximum atomic E-state index is 12.4. The molecule has 7 nitrogen and oxygen atoms in total. The summed E-state index contributed by atoms with van der Waals surface area (Å²) in [6, 6.07) is 9.05. The summed E-state index contributed by atoms with van der Waals surface area (Å²) in [6.45, 7) is 1.82. The fourth-order valence-corrected chi connectivity index (χ4v) is 3.20. The summed E-state index contributed by atoms with van der Waals surface area (Å²) in [6.07, 6.45) is 4.81. The molecule has 2 N–H and O–H groups in total. The molecule has 138 valence electrons. The summed E-state index contributed by atoms with van der Waals surface area (Å²) in [5, 5.41) is 13.8. The van der Waals surface area contributed by atoms with Crippen molar-refractivity contribution in [3.8, 4) is 0 Å². The summed E-state index contributed by atoms with van der Waals surface area (Å²) in [4.78, 5) is 22.9. The first-order valence-corrected chi connectivity index (χ1v) is 8.70. The van der Waals surface area contributed by atoms with Gasteiger partial charge in [0.05, 0.1) is 18.8 Å². The van der Waals surface area contributed by atoms with Crippen LogP contribution in [-0.4, -0.2) is 53.3 Å². The number of piperidine rings is 1. The number of ether oxygens (including phenoxy) is 1. The van der Waals surface area contributed by atoms with E-state index in [1.165, 1.54) is 0 Å². The second kappa shape index (κ2) is 8.25. The molecule has 1 aromatic carbocycles. The molecule has 1 unspecified atom stereocenters. The lowest BCUT2D eigenvalue weighted by Gasteiger charge is -2.39. The zero-order chi connectivity index (χ0) is 18.4. The molecule has 0 spiro atoms. The predicted octanol–water partition coefficient (Wildman–Crippen LogP) is 1.38. The van der Waals surface area contributed by atoms with Gasteiger partial charge < -0.3 is 20.1 Å². The second-order valence-corrected chi connectivity index (χ2v) is 6.61. The highest BCUT2D eigenvalue weighted by Crippen LogP contribution is 2.23. The number of carbonyl (C=O) groups excluding carboxylic acids is 1. The van der Waals surface area contributed by atoms with Crippen molar-refractivity contribution >= 4 is 11.9 Å². The summed E-state index contributed by atoms with van der Waals surface area (Å²) in [7, 11) is 1.62. The molecule has 1 aliphatic heterocycles. The Kier molecular flexibility index (Phi) is 5.80. The van der Waals surface area contributed by atoms with Crippen LogP contribution in [0.4, 0.5) is 5.95 Å². The van der Waals surface area contributed by atoms with Crippen molar-refractivity contribution in [1.29, 1.82) is 0 Å². The lowest BCUT2D eigenvalue weighted by atomic mass is 9.92. The number of aromatic nitrogens is 2. The van der Waals surface area contributed by atoms with E-state index in [1.807, 2.05) is 17.0 Å². The second-order valence-electron chi connectivity index (χ2n) is 6.61. The molecular weight excluding hydrogens is 332 g/mol. The molecule has 0 aliphatic carbocycles. The van der Waals surface area contributed by atoms with Gasteiger partial charge in [-0.05, 0) is 36.6 Å². The van der Waals surface area contributed by atoms with Crippen LogP contribution < -0.4 is 10.2 Å². The Morgan fingerprint density at radius 1 is 1.35 bits per heavy atom. The van der Waals surface area contributed by atoms with Gasteiger partial charge in [0.2, 0.25) is 5.95 Å². The molecule has 7 heteroatoms. The van der Waals surface area contributed by atoms with Crippen molar-refractivity contribution in [2.24, 2.45) is 0 Å². The standard InChI is InChI=1S/C19H24N4O3/c1-26-12-15-5-2-6-16(11-15)17(24)22-13-19(25)7-3-10-23(14-19)18-20-8-4-9-21-18/h2,4-6,8-9,11,25H,3,7,10,12-14H2,1H3,(H,22,24). The molecule has 3 rings (SSSR count). The maximum Gasteiger partial charge on any atom is 0.251 e. The van der Waals surface area contributed by atoms with Crippen molar-refractivity contribution in [3.05, 3.63) is 53.9 Å². The van der Waals surface area contributed by atoms with Crippen LogP contribution >= 0.6 is 0 Å². The van der Waals surface area contributed by atoms with Gasteiger partial charge in [-0.25, -0.2) is 9.97 Å². The maximum absolute atomic E-state index is 12.4. The minimum atomic E-state index is -1.00. The van der Waals surface area contributed by atoms with Gasteiger partial charge in [-0.15, -0.1) is 0 Å². The third-order valence-electron chi connectivity index (χ3n) is 4.47. The summed E-state index contributed by atoms with van der Waals surface area (Å²) < 4.78 is 5.10. The Morgan fingerprint density at radius 2 is 2.15 bits per heavy atom. The average molecular weight is 356 g/mol. The molecule has 2 heterocycles. The van der Waals surface area contributed by atoms with Crippen molar-refractivity contribution < 1.29 is 14.6 Å². The van der Waals surface area contributed by atoms with Crippen LogP contribution in [-0.2, 0) is 11.3 Å². The number of hydrogen-bond acceptors (Lipinski definition) is 6. The molecule has 1 amide bonds. The number of nitrogens with zero attached hydrogens (tertiary/aromatic N) is 3. The third kappa shape index (κ3) is 4.56. The van der Waals surface area contributed by atoms with E-state index in [-0.39, 0.29) is 12.5 Å². The predicted molar refractivity (Wildman–Crippen MR) is 97.9 cm³/mol. The topological polar surface area (TPSA) is 87.6 Å². The zero-order valence-corrected chi connectivity index (χ0v) is 14.9. The first-order chi connectivity index (χ1) is 12.6. The fourth-order valence-electron chi connectivity index (χ4n) is 3.20. The number of anilines is 1. The summed E-state index contributed by atoms with van der Waals surface area (Å²) in [5.74, 6) is 0.397. The monoisotopic (exact) mass is 356 g/mol. The molecule has 0 saturated carbocycles. The molecule has 26 heavy (non-hydrogen) atoms. The summed E-state index contributed by atoms with van der Waals surface area (Å²) in [5.41, 5.74) is 0.489. The van der Waals surface area contributed by atoms with E-state index >= 15 is 0 Å². The Balaban J connectivity index is 1.61. The van der Waals surface area contributed by atoms with Crippen molar-refractivity contribution in [1.82, 2.24) is 15.3 Å². The third-order valence-corrected chi connectivity index (χ3v) is 4.47. The SMILES string of the molecule is COCc1cccc(C(=O)NCC2(O)CCCN(c3ncccn3)C2)c1. The molecule has 1 saturated heterocycles. The van der Waals surface area contributed by atoms with E-state index in [0.717, 1.165) is 18.5 Å². The van der Waals surface area contributed by atoms with E-state index in [0.29, 0.717) is 31.1 Å². The minimum Gasteiger partial charge on any atom is -0.386 e. The Hall–Kier alpha value is -2.51. The highest BCUT2D eigenvalue weighted by atomic mass is 16.5. The number of benzene rings is 1. The Morgan fingerprint density at radius 3 is 2.92 bits per heavy atom. The Labute approximate surface area is 153 Å². The highest BCUT2D eigenvalue weighted by molar-refractivity contribution is 5.94. The number of nitrogens with one attached hydrogen (secondary N) is 1. The van der Waals surface area contributed by atoms with Gasteiger partial charge in [0.15, 0.2) is 0 Å². The molecule has 0 bridgehead atoms. The van der Waals surface area contributed by atoms with Crippen LogP contribution in [0, 0.1) is 0 Å². The first-order valence-electron chi connectivity index (χ1n) is 8.70. The van der Waals surface area contributed by atoms with Crippen molar-refractivity contribution in [2.45, 2.75) is 25.0 Å². The van der Waals surface area contributed by atoms with E-state index < -0.39 is 5.60 Å². The van der Waals surface area contributed by atoms with Crippen LogP contribution in [0.1, 0.15) is 28.8 Å². The number of β-amino-alcohol motifs (C(OH)–C–C–N with tert-alkyl or cyclic N) is 1. The molecule has 1 aromatic heterocycles. The fraction of sp³-hybridized carbons (Fsp3) is 0.421. The summed E-state index contributed by atoms with van der Waals surface area (Å²) >= 11 is 0. The van der Waals surface area contributed by atoms with Crippen LogP contribution in [0.3, 0.4) is 0 Å². The zero-order valence-electron chi connectivity index (χ0n) is 14.9. The normalized spacial score (nSPS) is 20.0. The van der Waals surface area contributed by atoms with Gasteiger partial charge >= 0.3 is 0 Å². The van der Waals surface area contributed by atoms with E-state index in [2.05, 4.69) is 15.3 Å². The Bertz CT molecular complexity index is 741. The van der Waals surface area contributed by atoms with Crippen molar-refractivity contribution in [2.75, 3.05) is 31.6 Å². The van der Waals surface area contributed by atoms with Gasteiger partial charge in [0.25, 0.3) is 5.91 Å². The van der Waals surface area contributed by atoms with Crippen molar-refractivity contribution in [3.63, 3.8) is 0 Å². The van der Waals surface area contributed by atoms with E-state index in [1.54, 1.807) is 37.7 Å². The molecular formula is C19H24N4O3. The smallest absolute Gasteiger partial charge is 0.251 e. The van der Waals surface area contributed by atoms with Gasteiger partial charge in [0.1, 0.15) is 0 Å². The van der Waals surface area contributed by atoms with Gasteiger partial charge in [-0.1, -0.05) is 12.1 Å². The molecule has 0 radical (unpaired) electrons. The van der Waals surface area contributed by atoms with Crippen LogP contribution in [0.5, 0.6) is 0 Å². The molecule has 2 aromatic rings. The molecule has 1 atom stereocenters. The molecule has 1 fully saturated rings. The number of amides is 1. The number of hydrogen-bond donors (Lipinski definition) is 2. The number of aliphatic hydroxyl groups is 1. The van der Waals surface area contributed by atoms with Gasteiger partial charge in [-0.3, -0.25) is 4.79 Å². The minimum absolute atomic E-state index is 0.184. The van der Waals surface area contributed by atoms with E-state index in [9.17, 15) is 9.90 Å². The molecule has 1 aliphatic rings.